The molecule has 2 aliphatic rings. The molecule has 4 rings (SSSR count). The third-order valence-corrected chi connectivity index (χ3v) is 7.19. The van der Waals surface area contributed by atoms with Crippen LogP contribution in [0.1, 0.15) is 43.2 Å². The summed E-state index contributed by atoms with van der Waals surface area (Å²) < 4.78 is 56.7. The maximum Gasteiger partial charge on any atom is 0.126 e. The zero-order valence-corrected chi connectivity index (χ0v) is 16.6. The van der Waals surface area contributed by atoms with Gasteiger partial charge in [0.05, 0.1) is 26.2 Å². The summed E-state index contributed by atoms with van der Waals surface area (Å²) >= 11 is 0. The van der Waals surface area contributed by atoms with Crippen molar-refractivity contribution < 1.29 is 27.2 Å². The zero-order chi connectivity index (χ0) is 21.0. The van der Waals surface area contributed by atoms with Crippen LogP contribution in [0.3, 0.4) is 0 Å². The van der Waals surface area contributed by atoms with E-state index in [9.17, 15) is 22.7 Å². The maximum absolute atomic E-state index is 13.9. The number of fused-ring (bicyclic) bond motifs is 2. The molecule has 2 aromatic rings. The lowest BCUT2D eigenvalue weighted by Gasteiger charge is -2.46. The van der Waals surface area contributed by atoms with E-state index in [2.05, 4.69) is 14.1 Å². The fourth-order valence-electron chi connectivity index (χ4n) is 5.57. The molecule has 2 saturated heterocycles. The second kappa shape index (κ2) is 7.10. The first kappa shape index (κ1) is 20.4. The molecule has 2 fully saturated rings. The van der Waals surface area contributed by atoms with E-state index in [0.717, 1.165) is 66.6 Å². The van der Waals surface area contributed by atoms with Gasteiger partial charge in [0, 0.05) is 37.8 Å². The molecule has 2 aliphatic heterocycles. The number of halogens is 4. The van der Waals surface area contributed by atoms with E-state index in [1.165, 1.54) is 0 Å². The summed E-state index contributed by atoms with van der Waals surface area (Å²) in [6, 6.07) is 6.53. The van der Waals surface area contributed by atoms with Crippen LogP contribution >= 0.6 is 0 Å². The highest BCUT2D eigenvalue weighted by Crippen LogP contribution is 2.47. The molecule has 0 aliphatic carbocycles. The predicted octanol–water partition coefficient (Wildman–Crippen LogP) is 4.89. The zero-order valence-electron chi connectivity index (χ0n) is 16.6. The summed E-state index contributed by atoms with van der Waals surface area (Å²) in [5.41, 5.74) is -1.93. The Morgan fingerprint density at radius 3 is 1.55 bits per heavy atom. The van der Waals surface area contributed by atoms with Gasteiger partial charge in [0.25, 0.3) is 0 Å². The van der Waals surface area contributed by atoms with Crippen LogP contribution in [0.25, 0.3) is 0 Å². The van der Waals surface area contributed by atoms with Crippen molar-refractivity contribution in [1.29, 1.82) is 0 Å². The molecule has 2 atom stereocenters. The molecule has 0 aromatic heterocycles. The minimum Gasteiger partial charge on any atom is -0.380 e. The molecule has 2 bridgehead atoms. The van der Waals surface area contributed by atoms with Gasteiger partial charge in [0.1, 0.15) is 28.9 Å². The Kier molecular flexibility index (Phi) is 4.98. The lowest BCUT2D eigenvalue weighted by atomic mass is 9.75. The highest BCUT2D eigenvalue weighted by Gasteiger charge is 2.50. The van der Waals surface area contributed by atoms with Crippen LogP contribution < -0.4 is 0 Å². The van der Waals surface area contributed by atoms with Gasteiger partial charge in [-0.05, 0) is 47.7 Å². The molecule has 0 radical (unpaired) electrons. The number of quaternary nitrogens is 1. The van der Waals surface area contributed by atoms with Crippen molar-refractivity contribution in [3.05, 3.63) is 70.8 Å². The molecule has 2 aromatic carbocycles. The Balaban J connectivity index is 1.75. The van der Waals surface area contributed by atoms with Crippen LogP contribution in [0.5, 0.6) is 0 Å². The van der Waals surface area contributed by atoms with Gasteiger partial charge in [-0.25, -0.2) is 17.6 Å². The largest absolute Gasteiger partial charge is 0.380 e. The SMILES string of the molecule is C[N+]1(C)[C@@H]2CC[C@@H]1CC(CC(O)(c1cc(F)cc(F)c1)c1cc(F)cc(F)c1)C2. The second-order valence-corrected chi connectivity index (χ2v) is 9.23. The molecule has 156 valence electrons. The van der Waals surface area contributed by atoms with Crippen LogP contribution in [-0.2, 0) is 5.60 Å². The topological polar surface area (TPSA) is 20.2 Å². The Bertz CT molecular complexity index is 821. The third-order valence-electron chi connectivity index (χ3n) is 7.19. The van der Waals surface area contributed by atoms with Crippen LogP contribution in [-0.4, -0.2) is 35.8 Å². The fraction of sp³-hybridized carbons (Fsp3) is 0.478. The first-order valence-corrected chi connectivity index (χ1v) is 10.1. The number of aliphatic hydroxyl groups is 1. The number of benzene rings is 2. The molecule has 2 nitrogen and oxygen atoms in total. The summed E-state index contributed by atoms with van der Waals surface area (Å²) in [6.07, 6.45) is 4.10. The maximum atomic E-state index is 13.9. The van der Waals surface area contributed by atoms with E-state index in [1.807, 2.05) is 0 Å². The molecule has 0 amide bonds. The normalized spacial score (nSPS) is 26.0. The molecule has 2 heterocycles. The van der Waals surface area contributed by atoms with Gasteiger partial charge in [-0.15, -0.1) is 0 Å². The number of nitrogens with zero attached hydrogens (tertiary/aromatic N) is 1. The predicted molar refractivity (Wildman–Crippen MR) is 102 cm³/mol. The second-order valence-electron chi connectivity index (χ2n) is 9.23. The minimum atomic E-state index is -1.88. The van der Waals surface area contributed by atoms with E-state index < -0.39 is 28.9 Å². The molecule has 1 N–H and O–H groups in total. The number of piperidine rings is 1. The van der Waals surface area contributed by atoms with Gasteiger partial charge in [-0.2, -0.15) is 0 Å². The van der Waals surface area contributed by atoms with E-state index in [4.69, 9.17) is 0 Å². The van der Waals surface area contributed by atoms with Crippen molar-refractivity contribution in [2.24, 2.45) is 5.92 Å². The van der Waals surface area contributed by atoms with Crippen molar-refractivity contribution >= 4 is 0 Å². The van der Waals surface area contributed by atoms with E-state index in [1.54, 1.807) is 0 Å². The Morgan fingerprint density at radius 2 is 1.17 bits per heavy atom. The summed E-state index contributed by atoms with van der Waals surface area (Å²) in [7, 11) is 4.43. The Hall–Kier alpha value is -1.92. The molecule has 0 saturated carbocycles. The van der Waals surface area contributed by atoms with E-state index >= 15 is 0 Å². The summed E-state index contributed by atoms with van der Waals surface area (Å²) in [5, 5.41) is 11.7. The number of rotatable bonds is 4. The standard InChI is InChI=1S/C23H26F4NO/c1-28(2)21-3-4-22(28)6-14(5-21)13-23(29,15-7-17(24)11-18(25)8-15)16-9-19(26)12-20(27)10-16/h7-12,14,21-22,29H,3-6,13H2,1-2H3/q+1/t21-,22-/m1/s1. The molecule has 0 spiro atoms. The molecule has 0 unspecified atom stereocenters. The number of hydrogen-bond donors (Lipinski definition) is 1. The van der Waals surface area contributed by atoms with Gasteiger partial charge in [0.15, 0.2) is 0 Å². The highest BCUT2D eigenvalue weighted by atomic mass is 19.1. The van der Waals surface area contributed by atoms with Crippen molar-refractivity contribution in [1.82, 2.24) is 0 Å². The summed E-state index contributed by atoms with van der Waals surface area (Å²) in [6.45, 7) is 0. The lowest BCUT2D eigenvalue weighted by molar-refractivity contribution is -0.931. The van der Waals surface area contributed by atoms with Crippen molar-refractivity contribution in [3.63, 3.8) is 0 Å². The van der Waals surface area contributed by atoms with Gasteiger partial charge in [-0.3, -0.25) is 0 Å². The quantitative estimate of drug-likeness (QED) is 0.564. The number of hydrogen-bond acceptors (Lipinski definition) is 1. The van der Waals surface area contributed by atoms with Gasteiger partial charge >= 0.3 is 0 Å². The average molecular weight is 408 g/mol. The third kappa shape index (κ3) is 3.68. The first-order chi connectivity index (χ1) is 13.6. The summed E-state index contributed by atoms with van der Waals surface area (Å²) in [4.78, 5) is 0. The fourth-order valence-corrected chi connectivity index (χ4v) is 5.57. The minimum absolute atomic E-state index is 0.0216. The van der Waals surface area contributed by atoms with Gasteiger partial charge in [0.2, 0.25) is 0 Å². The molecule has 6 heteroatoms. The molecular weight excluding hydrogens is 382 g/mol. The molecule has 29 heavy (non-hydrogen) atoms. The van der Waals surface area contributed by atoms with Crippen molar-refractivity contribution in [2.45, 2.75) is 49.8 Å². The van der Waals surface area contributed by atoms with E-state index in [-0.39, 0.29) is 23.5 Å². The van der Waals surface area contributed by atoms with Crippen LogP contribution in [0, 0.1) is 29.2 Å². The van der Waals surface area contributed by atoms with Crippen molar-refractivity contribution in [3.8, 4) is 0 Å². The van der Waals surface area contributed by atoms with Gasteiger partial charge < -0.3 is 9.59 Å². The molecular formula is C23H26F4NO+. The Morgan fingerprint density at radius 1 is 0.793 bits per heavy atom. The monoisotopic (exact) mass is 408 g/mol. The Labute approximate surface area is 168 Å². The average Bonchev–Trinajstić information content (AvgIpc) is 2.78. The first-order valence-electron chi connectivity index (χ1n) is 10.1. The lowest BCUT2D eigenvalue weighted by Crippen LogP contribution is -2.55. The van der Waals surface area contributed by atoms with Crippen molar-refractivity contribution in [2.75, 3.05) is 14.1 Å². The van der Waals surface area contributed by atoms with Crippen LogP contribution in [0.15, 0.2) is 36.4 Å². The summed E-state index contributed by atoms with van der Waals surface area (Å²) in [5.74, 6) is -3.26. The van der Waals surface area contributed by atoms with Crippen LogP contribution in [0.2, 0.25) is 0 Å². The smallest absolute Gasteiger partial charge is 0.126 e. The van der Waals surface area contributed by atoms with Crippen LogP contribution in [0.4, 0.5) is 17.6 Å². The van der Waals surface area contributed by atoms with Gasteiger partial charge in [-0.1, -0.05) is 0 Å². The highest BCUT2D eigenvalue weighted by molar-refractivity contribution is 5.37. The van der Waals surface area contributed by atoms with E-state index in [0.29, 0.717) is 12.1 Å².